The van der Waals surface area contributed by atoms with Crippen LogP contribution in [0.1, 0.15) is 12.0 Å². The smallest absolute Gasteiger partial charge is 0.229 e. The molecule has 1 saturated heterocycles. The maximum Gasteiger partial charge on any atom is 0.229 e. The van der Waals surface area contributed by atoms with Gasteiger partial charge < -0.3 is 10.2 Å². The molecule has 1 aliphatic heterocycles. The van der Waals surface area contributed by atoms with Crippen LogP contribution in [0.4, 0.5) is 5.69 Å². The number of likely N-dealkylation sites (tertiary alicyclic amines) is 1. The number of carbonyl (C=O) groups is 2. The van der Waals surface area contributed by atoms with Crippen LogP contribution in [-0.4, -0.2) is 23.3 Å². The van der Waals surface area contributed by atoms with Crippen LogP contribution in [0, 0.1) is 5.92 Å². The van der Waals surface area contributed by atoms with Crippen LogP contribution in [0.25, 0.3) is 0 Å². The fraction of sp³-hybridized carbons (Fsp3) is 0.222. The highest BCUT2D eigenvalue weighted by molar-refractivity contribution is 6.35. The Kier molecular flexibility index (Phi) is 5.52. The minimum atomic E-state index is -0.423. The Bertz CT molecular complexity index is 805. The van der Waals surface area contributed by atoms with Crippen molar-refractivity contribution in [2.75, 3.05) is 11.9 Å². The molecule has 1 heterocycles. The van der Waals surface area contributed by atoms with Gasteiger partial charge in [0.1, 0.15) is 0 Å². The molecule has 2 aromatic carbocycles. The van der Waals surface area contributed by atoms with Gasteiger partial charge in [-0.05, 0) is 29.8 Å². The van der Waals surface area contributed by atoms with E-state index < -0.39 is 5.92 Å². The van der Waals surface area contributed by atoms with E-state index in [1.54, 1.807) is 29.2 Å². The van der Waals surface area contributed by atoms with Crippen molar-refractivity contribution >= 4 is 52.3 Å². The molecular weight excluding hydrogens is 383 g/mol. The minimum Gasteiger partial charge on any atom is -0.337 e. The lowest BCUT2D eigenvalue weighted by molar-refractivity contribution is -0.128. The van der Waals surface area contributed by atoms with E-state index >= 15 is 0 Å². The molecule has 4 nitrogen and oxygen atoms in total. The summed E-state index contributed by atoms with van der Waals surface area (Å²) < 4.78 is 0. The van der Waals surface area contributed by atoms with Crippen LogP contribution in [0.15, 0.2) is 42.5 Å². The second-order valence-corrected chi connectivity index (χ2v) is 7.19. The van der Waals surface area contributed by atoms with Gasteiger partial charge >= 0.3 is 0 Å². The number of hydrogen-bond acceptors (Lipinski definition) is 2. The summed E-state index contributed by atoms with van der Waals surface area (Å²) in [6, 6.07) is 12.2. The largest absolute Gasteiger partial charge is 0.337 e. The van der Waals surface area contributed by atoms with E-state index in [2.05, 4.69) is 5.32 Å². The van der Waals surface area contributed by atoms with Crippen LogP contribution in [0.3, 0.4) is 0 Å². The van der Waals surface area contributed by atoms with E-state index in [1.807, 2.05) is 18.2 Å². The Morgan fingerprint density at radius 2 is 1.80 bits per heavy atom. The molecule has 1 atom stereocenters. The van der Waals surface area contributed by atoms with Crippen LogP contribution < -0.4 is 5.32 Å². The molecular formula is C18H15Cl3N2O2. The van der Waals surface area contributed by atoms with Gasteiger partial charge in [0.15, 0.2) is 0 Å². The van der Waals surface area contributed by atoms with Crippen molar-refractivity contribution in [3.05, 3.63) is 63.1 Å². The number of halogens is 3. The molecule has 0 radical (unpaired) electrons. The highest BCUT2D eigenvalue weighted by atomic mass is 35.5. The topological polar surface area (TPSA) is 49.4 Å². The molecule has 0 aromatic heterocycles. The number of rotatable bonds is 4. The minimum absolute atomic E-state index is 0.0656. The Morgan fingerprint density at radius 3 is 2.48 bits per heavy atom. The van der Waals surface area contributed by atoms with Gasteiger partial charge in [0, 0.05) is 40.3 Å². The lowest BCUT2D eigenvalue weighted by Gasteiger charge is -2.17. The van der Waals surface area contributed by atoms with Gasteiger partial charge in [0.2, 0.25) is 11.8 Å². The number of carbonyl (C=O) groups excluding carboxylic acids is 2. The van der Waals surface area contributed by atoms with E-state index in [4.69, 9.17) is 34.8 Å². The average Bonchev–Trinajstić information content (AvgIpc) is 2.90. The summed E-state index contributed by atoms with van der Waals surface area (Å²) in [5.41, 5.74) is 1.37. The fourth-order valence-electron chi connectivity index (χ4n) is 2.80. The van der Waals surface area contributed by atoms with Crippen molar-refractivity contribution in [2.45, 2.75) is 13.0 Å². The number of nitrogens with one attached hydrogen (secondary N) is 1. The molecule has 0 spiro atoms. The average molecular weight is 398 g/mol. The molecule has 1 fully saturated rings. The summed E-state index contributed by atoms with van der Waals surface area (Å²) in [6.07, 6.45) is 0.171. The van der Waals surface area contributed by atoms with Gasteiger partial charge in [-0.3, -0.25) is 9.59 Å². The van der Waals surface area contributed by atoms with Crippen molar-refractivity contribution in [1.29, 1.82) is 0 Å². The highest BCUT2D eigenvalue weighted by Gasteiger charge is 2.34. The third-order valence-electron chi connectivity index (χ3n) is 4.03. The number of benzene rings is 2. The molecule has 130 valence electrons. The van der Waals surface area contributed by atoms with Crippen LogP contribution in [-0.2, 0) is 16.1 Å². The lowest BCUT2D eigenvalue weighted by atomic mass is 10.1. The maximum atomic E-state index is 12.4. The number of hydrogen-bond donors (Lipinski definition) is 1. The van der Waals surface area contributed by atoms with Gasteiger partial charge in [0.25, 0.3) is 0 Å². The maximum absolute atomic E-state index is 12.4. The molecule has 2 aromatic rings. The molecule has 0 saturated carbocycles. The van der Waals surface area contributed by atoms with E-state index in [9.17, 15) is 9.59 Å². The van der Waals surface area contributed by atoms with Gasteiger partial charge in [-0.2, -0.15) is 0 Å². The third-order valence-corrected chi connectivity index (χ3v) is 4.84. The number of nitrogens with zero attached hydrogens (tertiary/aromatic N) is 1. The van der Waals surface area contributed by atoms with Crippen molar-refractivity contribution < 1.29 is 9.59 Å². The van der Waals surface area contributed by atoms with Crippen molar-refractivity contribution in [2.24, 2.45) is 5.92 Å². The standard InChI is InChI=1S/C18H15Cl3N2O2/c19-13-6-14(20)8-15(7-13)22-18(25)12-5-17(24)23(10-12)9-11-3-1-2-4-16(11)21/h1-4,6-8,12H,5,9-10H2,(H,22,25). The first-order valence-electron chi connectivity index (χ1n) is 7.70. The molecule has 25 heavy (non-hydrogen) atoms. The molecule has 1 aliphatic rings. The molecule has 0 aliphatic carbocycles. The Labute approximate surface area is 160 Å². The summed E-state index contributed by atoms with van der Waals surface area (Å²) >= 11 is 18.0. The monoisotopic (exact) mass is 396 g/mol. The molecule has 3 rings (SSSR count). The zero-order valence-electron chi connectivity index (χ0n) is 13.1. The predicted octanol–water partition coefficient (Wildman–Crippen LogP) is 4.63. The van der Waals surface area contributed by atoms with E-state index in [1.165, 1.54) is 0 Å². The summed E-state index contributed by atoms with van der Waals surface area (Å²) in [5.74, 6) is -0.717. The quantitative estimate of drug-likeness (QED) is 0.817. The van der Waals surface area contributed by atoms with Crippen LogP contribution in [0.5, 0.6) is 0 Å². The van der Waals surface area contributed by atoms with Gasteiger partial charge in [0.05, 0.1) is 5.92 Å². The van der Waals surface area contributed by atoms with E-state index in [0.29, 0.717) is 33.8 Å². The lowest BCUT2D eigenvalue weighted by Crippen LogP contribution is -2.28. The summed E-state index contributed by atoms with van der Waals surface area (Å²) in [6.45, 7) is 0.746. The SMILES string of the molecule is O=C(Nc1cc(Cl)cc(Cl)c1)C1CC(=O)N(Cc2ccccc2Cl)C1. The zero-order chi connectivity index (χ0) is 18.0. The third kappa shape index (κ3) is 4.46. The number of amides is 2. The van der Waals surface area contributed by atoms with Crippen molar-refractivity contribution in [1.82, 2.24) is 4.90 Å². The predicted molar refractivity (Wildman–Crippen MR) is 100 cm³/mol. The molecule has 0 bridgehead atoms. The summed E-state index contributed by atoms with van der Waals surface area (Å²) in [5, 5.41) is 4.25. The number of anilines is 1. The Hall–Kier alpha value is -1.75. The molecule has 1 N–H and O–H groups in total. The molecule has 1 unspecified atom stereocenters. The van der Waals surface area contributed by atoms with Crippen LogP contribution >= 0.6 is 34.8 Å². The molecule has 7 heteroatoms. The van der Waals surface area contributed by atoms with E-state index in [0.717, 1.165) is 5.56 Å². The second-order valence-electron chi connectivity index (χ2n) is 5.91. The first kappa shape index (κ1) is 18.1. The summed E-state index contributed by atoms with van der Waals surface area (Å²) in [7, 11) is 0. The normalized spacial score (nSPS) is 17.0. The first-order valence-corrected chi connectivity index (χ1v) is 8.84. The molecule has 2 amide bonds. The Balaban J connectivity index is 1.65. The summed E-state index contributed by atoms with van der Waals surface area (Å²) in [4.78, 5) is 26.3. The second kappa shape index (κ2) is 7.65. The first-order chi connectivity index (χ1) is 11.9. The van der Waals surface area contributed by atoms with E-state index in [-0.39, 0.29) is 18.2 Å². The fourth-order valence-corrected chi connectivity index (χ4v) is 3.52. The van der Waals surface area contributed by atoms with Gasteiger partial charge in [-0.1, -0.05) is 53.0 Å². The van der Waals surface area contributed by atoms with Gasteiger partial charge in [-0.15, -0.1) is 0 Å². The van der Waals surface area contributed by atoms with Crippen LogP contribution in [0.2, 0.25) is 15.1 Å². The van der Waals surface area contributed by atoms with Gasteiger partial charge in [-0.25, -0.2) is 0 Å². The Morgan fingerprint density at radius 1 is 1.12 bits per heavy atom. The zero-order valence-corrected chi connectivity index (χ0v) is 15.4. The van der Waals surface area contributed by atoms with Crippen molar-refractivity contribution in [3.63, 3.8) is 0 Å². The van der Waals surface area contributed by atoms with Crippen molar-refractivity contribution in [3.8, 4) is 0 Å². The highest BCUT2D eigenvalue weighted by Crippen LogP contribution is 2.26.